The monoisotopic (exact) mass is 312 g/mol. The number of carbonyl (C=O) groups is 1. The molecule has 0 saturated heterocycles. The topological polar surface area (TPSA) is 41.1 Å². The Balaban J connectivity index is 1.45. The quantitative estimate of drug-likeness (QED) is 0.780. The van der Waals surface area contributed by atoms with E-state index in [-0.39, 0.29) is 11.9 Å². The Bertz CT molecular complexity index is 591. The van der Waals surface area contributed by atoms with Gasteiger partial charge in [-0.3, -0.25) is 4.79 Å². The van der Waals surface area contributed by atoms with Crippen molar-refractivity contribution in [2.24, 2.45) is 0 Å². The van der Waals surface area contributed by atoms with E-state index >= 15 is 0 Å². The van der Waals surface area contributed by atoms with Gasteiger partial charge in [0.1, 0.15) is 6.04 Å². The SMILES string of the molecule is C[C@H](Nc1ccc2c(c1)CCC2)C(=O)NCCC1=CCCCC1. The average molecular weight is 312 g/mol. The smallest absolute Gasteiger partial charge is 0.242 e. The highest BCUT2D eigenvalue weighted by molar-refractivity contribution is 5.84. The number of benzene rings is 1. The Labute approximate surface area is 139 Å². The zero-order valence-corrected chi connectivity index (χ0v) is 14.2. The van der Waals surface area contributed by atoms with Crippen molar-refractivity contribution >= 4 is 11.6 Å². The molecule has 124 valence electrons. The van der Waals surface area contributed by atoms with Gasteiger partial charge in [-0.05, 0) is 81.5 Å². The Kier molecular flexibility index (Phi) is 5.37. The normalized spacial score (nSPS) is 18.0. The molecule has 0 fully saturated rings. The van der Waals surface area contributed by atoms with Gasteiger partial charge >= 0.3 is 0 Å². The van der Waals surface area contributed by atoms with E-state index in [4.69, 9.17) is 0 Å². The molecule has 2 N–H and O–H groups in total. The van der Waals surface area contributed by atoms with E-state index < -0.39 is 0 Å². The number of aryl methyl sites for hydroxylation is 2. The van der Waals surface area contributed by atoms with Crippen LogP contribution in [0.25, 0.3) is 0 Å². The molecule has 0 heterocycles. The summed E-state index contributed by atoms with van der Waals surface area (Å²) in [5.74, 6) is 0.0851. The fourth-order valence-corrected chi connectivity index (χ4v) is 3.61. The van der Waals surface area contributed by atoms with Gasteiger partial charge in [-0.15, -0.1) is 0 Å². The number of rotatable bonds is 6. The predicted octanol–water partition coefficient (Wildman–Crippen LogP) is 3.98. The van der Waals surface area contributed by atoms with E-state index in [0.29, 0.717) is 0 Å². The van der Waals surface area contributed by atoms with Gasteiger partial charge in [0.05, 0.1) is 0 Å². The number of allylic oxidation sites excluding steroid dienone is 1. The summed E-state index contributed by atoms with van der Waals surface area (Å²) in [5.41, 5.74) is 5.47. The lowest BCUT2D eigenvalue weighted by Crippen LogP contribution is -2.38. The minimum atomic E-state index is -0.199. The first-order valence-electron chi connectivity index (χ1n) is 9.06. The van der Waals surface area contributed by atoms with Crippen LogP contribution >= 0.6 is 0 Å². The Morgan fingerprint density at radius 1 is 1.13 bits per heavy atom. The van der Waals surface area contributed by atoms with Crippen LogP contribution in [0, 0.1) is 0 Å². The van der Waals surface area contributed by atoms with Crippen LogP contribution in [0.15, 0.2) is 29.8 Å². The van der Waals surface area contributed by atoms with Crippen molar-refractivity contribution in [1.29, 1.82) is 0 Å². The standard InChI is InChI=1S/C20H28N2O/c1-15(20(23)21-13-12-16-6-3-2-4-7-16)22-19-11-10-17-8-5-9-18(17)14-19/h6,10-11,14-15,22H,2-5,7-9,12-13H2,1H3,(H,21,23)/t15-/m0/s1. The molecule has 1 amide bonds. The minimum absolute atomic E-state index is 0.0851. The van der Waals surface area contributed by atoms with Crippen LogP contribution in [0.4, 0.5) is 5.69 Å². The number of hydrogen-bond donors (Lipinski definition) is 2. The van der Waals surface area contributed by atoms with Gasteiger partial charge in [0.15, 0.2) is 0 Å². The highest BCUT2D eigenvalue weighted by atomic mass is 16.2. The van der Waals surface area contributed by atoms with Crippen molar-refractivity contribution in [3.8, 4) is 0 Å². The summed E-state index contributed by atoms with van der Waals surface area (Å²) < 4.78 is 0. The van der Waals surface area contributed by atoms with Gasteiger partial charge < -0.3 is 10.6 Å². The van der Waals surface area contributed by atoms with Gasteiger partial charge in [0.25, 0.3) is 0 Å². The van der Waals surface area contributed by atoms with Gasteiger partial charge in [-0.25, -0.2) is 0 Å². The number of anilines is 1. The lowest BCUT2D eigenvalue weighted by molar-refractivity contribution is -0.121. The van der Waals surface area contributed by atoms with Crippen LogP contribution in [0.1, 0.15) is 56.6 Å². The van der Waals surface area contributed by atoms with Gasteiger partial charge in [-0.1, -0.05) is 17.7 Å². The number of carbonyl (C=O) groups excluding carboxylic acids is 1. The molecule has 0 bridgehead atoms. The molecule has 0 aliphatic heterocycles. The molecular weight excluding hydrogens is 284 g/mol. The van der Waals surface area contributed by atoms with Crippen LogP contribution in [-0.2, 0) is 17.6 Å². The predicted molar refractivity (Wildman–Crippen MR) is 95.7 cm³/mol. The van der Waals surface area contributed by atoms with Crippen LogP contribution in [-0.4, -0.2) is 18.5 Å². The molecule has 3 heteroatoms. The van der Waals surface area contributed by atoms with Crippen LogP contribution < -0.4 is 10.6 Å². The second kappa shape index (κ2) is 7.67. The second-order valence-electron chi connectivity index (χ2n) is 6.85. The summed E-state index contributed by atoms with van der Waals surface area (Å²) in [6.45, 7) is 2.68. The number of nitrogens with one attached hydrogen (secondary N) is 2. The molecule has 1 atom stereocenters. The van der Waals surface area contributed by atoms with E-state index in [1.165, 1.54) is 61.6 Å². The number of fused-ring (bicyclic) bond motifs is 1. The number of amides is 1. The molecular formula is C20H28N2O. The first-order chi connectivity index (χ1) is 11.2. The summed E-state index contributed by atoms with van der Waals surface area (Å²) in [7, 11) is 0. The van der Waals surface area contributed by atoms with Gasteiger partial charge in [-0.2, -0.15) is 0 Å². The van der Waals surface area contributed by atoms with E-state index in [1.807, 2.05) is 6.92 Å². The zero-order chi connectivity index (χ0) is 16.1. The van der Waals surface area contributed by atoms with Gasteiger partial charge in [0, 0.05) is 12.2 Å². The molecule has 23 heavy (non-hydrogen) atoms. The minimum Gasteiger partial charge on any atom is -0.374 e. The Morgan fingerprint density at radius 2 is 2.00 bits per heavy atom. The molecule has 0 radical (unpaired) electrons. The Morgan fingerprint density at radius 3 is 2.83 bits per heavy atom. The lowest BCUT2D eigenvalue weighted by atomic mass is 9.97. The molecule has 0 unspecified atom stereocenters. The summed E-state index contributed by atoms with van der Waals surface area (Å²) in [4.78, 5) is 12.2. The third kappa shape index (κ3) is 4.37. The van der Waals surface area contributed by atoms with Crippen molar-refractivity contribution in [2.45, 2.75) is 64.3 Å². The van der Waals surface area contributed by atoms with Crippen molar-refractivity contribution in [1.82, 2.24) is 5.32 Å². The lowest BCUT2D eigenvalue weighted by Gasteiger charge is -2.17. The summed E-state index contributed by atoms with van der Waals surface area (Å²) in [5, 5.41) is 6.39. The maximum absolute atomic E-state index is 12.2. The fourth-order valence-electron chi connectivity index (χ4n) is 3.61. The van der Waals surface area contributed by atoms with Crippen LogP contribution in [0.3, 0.4) is 0 Å². The van der Waals surface area contributed by atoms with E-state index in [0.717, 1.165) is 18.7 Å². The van der Waals surface area contributed by atoms with Crippen molar-refractivity contribution in [3.63, 3.8) is 0 Å². The molecule has 0 saturated carbocycles. The summed E-state index contributed by atoms with van der Waals surface area (Å²) in [6.07, 6.45) is 12.0. The zero-order valence-electron chi connectivity index (χ0n) is 14.2. The third-order valence-corrected chi connectivity index (χ3v) is 5.01. The maximum Gasteiger partial charge on any atom is 0.242 e. The summed E-state index contributed by atoms with van der Waals surface area (Å²) in [6, 6.07) is 6.31. The summed E-state index contributed by atoms with van der Waals surface area (Å²) >= 11 is 0. The molecule has 3 nitrogen and oxygen atoms in total. The van der Waals surface area contributed by atoms with E-state index in [1.54, 1.807) is 0 Å². The van der Waals surface area contributed by atoms with Crippen LogP contribution in [0.5, 0.6) is 0 Å². The molecule has 1 aromatic carbocycles. The average Bonchev–Trinajstić information content (AvgIpc) is 3.03. The van der Waals surface area contributed by atoms with Crippen molar-refractivity contribution in [3.05, 3.63) is 41.0 Å². The van der Waals surface area contributed by atoms with E-state index in [9.17, 15) is 4.79 Å². The largest absolute Gasteiger partial charge is 0.374 e. The molecule has 2 aliphatic rings. The maximum atomic E-state index is 12.2. The van der Waals surface area contributed by atoms with Gasteiger partial charge in [0.2, 0.25) is 5.91 Å². The van der Waals surface area contributed by atoms with Crippen molar-refractivity contribution in [2.75, 3.05) is 11.9 Å². The van der Waals surface area contributed by atoms with Crippen LogP contribution in [0.2, 0.25) is 0 Å². The highest BCUT2D eigenvalue weighted by Crippen LogP contribution is 2.25. The third-order valence-electron chi connectivity index (χ3n) is 5.01. The Hall–Kier alpha value is -1.77. The molecule has 0 aromatic heterocycles. The fraction of sp³-hybridized carbons (Fsp3) is 0.550. The van der Waals surface area contributed by atoms with Crippen molar-refractivity contribution < 1.29 is 4.79 Å². The molecule has 1 aromatic rings. The number of hydrogen-bond acceptors (Lipinski definition) is 2. The first-order valence-corrected chi connectivity index (χ1v) is 9.06. The molecule has 0 spiro atoms. The molecule has 2 aliphatic carbocycles. The first kappa shape index (κ1) is 16.1. The molecule has 3 rings (SSSR count). The van der Waals surface area contributed by atoms with E-state index in [2.05, 4.69) is 34.9 Å². The highest BCUT2D eigenvalue weighted by Gasteiger charge is 2.15. The second-order valence-corrected chi connectivity index (χ2v) is 6.85.